The van der Waals surface area contributed by atoms with E-state index in [1.165, 1.54) is 6.07 Å². The van der Waals surface area contributed by atoms with Gasteiger partial charge in [0.2, 0.25) is 0 Å². The zero-order valence-corrected chi connectivity index (χ0v) is 24.4. The largest absolute Gasteiger partial charge is 0.433 e. The molecule has 4 rings (SSSR count). The SMILES string of the molecule is Cc1nn(Cc2ccc(C(=O)NCCC(C)(C)O)cc2)c(C)c1NC(=O)c1cc(C(F)(F)F)nc2ccc(Br)cc12. The zero-order chi connectivity index (χ0) is 30.1. The topological polar surface area (TPSA) is 109 Å². The quantitative estimate of drug-likeness (QED) is 0.220. The zero-order valence-electron chi connectivity index (χ0n) is 22.9. The van der Waals surface area contributed by atoms with Crippen molar-refractivity contribution in [2.45, 2.75) is 52.4 Å². The number of aryl methyl sites for hydroxylation is 1. The van der Waals surface area contributed by atoms with E-state index in [0.717, 1.165) is 11.6 Å². The predicted molar refractivity (Wildman–Crippen MR) is 153 cm³/mol. The van der Waals surface area contributed by atoms with Crippen molar-refractivity contribution in [1.82, 2.24) is 20.1 Å². The fourth-order valence-electron chi connectivity index (χ4n) is 4.26. The van der Waals surface area contributed by atoms with Crippen LogP contribution in [0.2, 0.25) is 0 Å². The summed E-state index contributed by atoms with van der Waals surface area (Å²) in [6.07, 6.45) is -4.30. The van der Waals surface area contributed by atoms with Gasteiger partial charge in [-0.1, -0.05) is 28.1 Å². The third-order valence-corrected chi connectivity index (χ3v) is 6.99. The number of amides is 2. The lowest BCUT2D eigenvalue weighted by atomic mass is 10.1. The maximum absolute atomic E-state index is 13.5. The Hall–Kier alpha value is -3.77. The Kier molecular flexibility index (Phi) is 8.55. The number of pyridine rings is 1. The molecule has 12 heteroatoms. The first kappa shape index (κ1) is 30.2. The first-order valence-corrected chi connectivity index (χ1v) is 13.5. The van der Waals surface area contributed by atoms with Gasteiger partial charge in [0.15, 0.2) is 0 Å². The molecule has 2 amide bonds. The smallest absolute Gasteiger partial charge is 0.390 e. The van der Waals surface area contributed by atoms with Crippen molar-refractivity contribution in [3.05, 3.63) is 86.8 Å². The van der Waals surface area contributed by atoms with Crippen molar-refractivity contribution in [3.8, 4) is 0 Å². The monoisotopic (exact) mass is 631 g/mol. The number of benzene rings is 2. The van der Waals surface area contributed by atoms with Crippen LogP contribution in [0, 0.1) is 13.8 Å². The number of hydrogen-bond donors (Lipinski definition) is 3. The van der Waals surface area contributed by atoms with Crippen LogP contribution in [0.25, 0.3) is 10.9 Å². The molecule has 0 bridgehead atoms. The third-order valence-electron chi connectivity index (χ3n) is 6.50. The van der Waals surface area contributed by atoms with E-state index in [1.54, 1.807) is 68.8 Å². The summed E-state index contributed by atoms with van der Waals surface area (Å²) in [5, 5.41) is 20.1. The maximum Gasteiger partial charge on any atom is 0.433 e. The van der Waals surface area contributed by atoms with Crippen molar-refractivity contribution in [2.24, 2.45) is 0 Å². The Morgan fingerprint density at radius 1 is 1.02 bits per heavy atom. The summed E-state index contributed by atoms with van der Waals surface area (Å²) in [5.41, 5.74) is 0.682. The number of fused-ring (bicyclic) bond motifs is 1. The molecule has 0 fully saturated rings. The van der Waals surface area contributed by atoms with Crippen molar-refractivity contribution >= 4 is 44.3 Å². The van der Waals surface area contributed by atoms with Gasteiger partial charge in [0.25, 0.3) is 11.8 Å². The summed E-state index contributed by atoms with van der Waals surface area (Å²) >= 11 is 3.30. The summed E-state index contributed by atoms with van der Waals surface area (Å²) in [5.74, 6) is -0.965. The van der Waals surface area contributed by atoms with E-state index in [4.69, 9.17) is 0 Å². The van der Waals surface area contributed by atoms with E-state index in [1.807, 2.05) is 0 Å². The number of anilines is 1. The van der Waals surface area contributed by atoms with Gasteiger partial charge >= 0.3 is 6.18 Å². The first-order valence-electron chi connectivity index (χ1n) is 12.7. The number of halogens is 4. The molecular weight excluding hydrogens is 603 g/mol. The van der Waals surface area contributed by atoms with E-state index < -0.39 is 23.4 Å². The number of carbonyl (C=O) groups excluding carboxylic acids is 2. The standard InChI is InChI=1S/C29H29BrF3N5O3/c1-16-25(36-27(40)22-14-24(29(31,32)33)35-23-10-9-20(30)13-21(22)23)17(2)38(37-16)15-18-5-7-19(8-6-18)26(39)34-12-11-28(3,4)41/h5-10,13-14,41H,11-12,15H2,1-4H3,(H,34,39)(H,36,40). The molecule has 2 aromatic heterocycles. The maximum atomic E-state index is 13.5. The van der Waals surface area contributed by atoms with Crippen LogP contribution in [0.15, 0.2) is 53.0 Å². The van der Waals surface area contributed by atoms with Gasteiger partial charge in [-0.3, -0.25) is 14.3 Å². The van der Waals surface area contributed by atoms with Gasteiger partial charge in [-0.25, -0.2) is 4.98 Å². The molecule has 3 N–H and O–H groups in total. The fourth-order valence-corrected chi connectivity index (χ4v) is 4.62. The molecule has 2 aromatic carbocycles. The highest BCUT2D eigenvalue weighted by Crippen LogP contribution is 2.32. The van der Waals surface area contributed by atoms with Gasteiger partial charge in [0.05, 0.1) is 40.3 Å². The molecule has 4 aromatic rings. The Labute approximate surface area is 243 Å². The van der Waals surface area contributed by atoms with E-state index in [0.29, 0.717) is 46.6 Å². The number of hydrogen-bond acceptors (Lipinski definition) is 5. The first-order chi connectivity index (χ1) is 19.1. The molecule has 0 spiro atoms. The molecule has 0 radical (unpaired) electrons. The molecule has 41 heavy (non-hydrogen) atoms. The van der Waals surface area contributed by atoms with Gasteiger partial charge in [-0.2, -0.15) is 18.3 Å². The minimum Gasteiger partial charge on any atom is -0.390 e. The van der Waals surface area contributed by atoms with Gasteiger partial charge in [-0.15, -0.1) is 0 Å². The fraction of sp³-hybridized carbons (Fsp3) is 0.310. The molecular formula is C29H29BrF3N5O3. The van der Waals surface area contributed by atoms with Crippen LogP contribution in [0.1, 0.15) is 63.6 Å². The summed E-state index contributed by atoms with van der Waals surface area (Å²) in [6.45, 7) is 7.48. The highest BCUT2D eigenvalue weighted by molar-refractivity contribution is 9.10. The summed E-state index contributed by atoms with van der Waals surface area (Å²) < 4.78 is 42.8. The Morgan fingerprint density at radius 2 is 1.71 bits per heavy atom. The van der Waals surface area contributed by atoms with Crippen molar-refractivity contribution in [3.63, 3.8) is 0 Å². The summed E-state index contributed by atoms with van der Waals surface area (Å²) in [7, 11) is 0. The highest BCUT2D eigenvalue weighted by Gasteiger charge is 2.34. The molecule has 0 aliphatic heterocycles. The van der Waals surface area contributed by atoms with Gasteiger partial charge in [-0.05, 0) is 76.1 Å². The van der Waals surface area contributed by atoms with Gasteiger partial charge < -0.3 is 15.7 Å². The number of aromatic nitrogens is 3. The van der Waals surface area contributed by atoms with Gasteiger partial charge in [0.1, 0.15) is 5.69 Å². The number of rotatable bonds is 8. The van der Waals surface area contributed by atoms with Gasteiger partial charge in [0, 0.05) is 22.0 Å². The van der Waals surface area contributed by atoms with E-state index >= 15 is 0 Å². The normalized spacial score (nSPS) is 12.0. The molecule has 0 unspecified atom stereocenters. The van der Waals surface area contributed by atoms with Crippen LogP contribution in [0.3, 0.4) is 0 Å². The highest BCUT2D eigenvalue weighted by atomic mass is 79.9. The molecule has 216 valence electrons. The number of carbonyl (C=O) groups is 2. The molecule has 0 aliphatic rings. The van der Waals surface area contributed by atoms with Crippen LogP contribution in [0.4, 0.5) is 18.9 Å². The number of nitrogens with one attached hydrogen (secondary N) is 2. The number of alkyl halides is 3. The minimum atomic E-state index is -4.72. The van der Waals surface area contributed by atoms with Crippen LogP contribution in [-0.2, 0) is 12.7 Å². The van der Waals surface area contributed by atoms with Crippen LogP contribution >= 0.6 is 15.9 Å². The predicted octanol–water partition coefficient (Wildman–Crippen LogP) is 6.02. The summed E-state index contributed by atoms with van der Waals surface area (Å²) in [6, 6.07) is 12.2. The Balaban J connectivity index is 1.53. The average Bonchev–Trinajstić information content (AvgIpc) is 3.14. The second-order valence-corrected chi connectivity index (χ2v) is 11.3. The van der Waals surface area contributed by atoms with E-state index in [-0.39, 0.29) is 22.4 Å². The third kappa shape index (κ3) is 7.31. The number of aliphatic hydroxyl groups is 1. The molecule has 2 heterocycles. The molecule has 0 saturated carbocycles. The lowest BCUT2D eigenvalue weighted by Crippen LogP contribution is -2.30. The molecule has 0 aliphatic carbocycles. The average molecular weight is 632 g/mol. The van der Waals surface area contributed by atoms with E-state index in [2.05, 4.69) is 36.6 Å². The molecule has 0 atom stereocenters. The Bertz CT molecular complexity index is 1610. The molecule has 8 nitrogen and oxygen atoms in total. The second-order valence-electron chi connectivity index (χ2n) is 10.4. The summed E-state index contributed by atoms with van der Waals surface area (Å²) in [4.78, 5) is 29.4. The lowest BCUT2D eigenvalue weighted by Gasteiger charge is -2.17. The van der Waals surface area contributed by atoms with Crippen molar-refractivity contribution in [2.75, 3.05) is 11.9 Å². The van der Waals surface area contributed by atoms with E-state index in [9.17, 15) is 27.9 Å². The van der Waals surface area contributed by atoms with Crippen molar-refractivity contribution < 1.29 is 27.9 Å². The van der Waals surface area contributed by atoms with Crippen LogP contribution in [0.5, 0.6) is 0 Å². The van der Waals surface area contributed by atoms with Crippen molar-refractivity contribution in [1.29, 1.82) is 0 Å². The number of nitrogens with zero attached hydrogens (tertiary/aromatic N) is 3. The van der Waals surface area contributed by atoms with Crippen LogP contribution < -0.4 is 10.6 Å². The second kappa shape index (κ2) is 11.6. The minimum absolute atomic E-state index is 0.0479. The molecule has 0 saturated heterocycles. The lowest BCUT2D eigenvalue weighted by molar-refractivity contribution is -0.141. The van der Waals surface area contributed by atoms with Crippen LogP contribution in [-0.4, -0.2) is 43.8 Å². The Morgan fingerprint density at radius 3 is 2.34 bits per heavy atom.